The third kappa shape index (κ3) is 4.08. The number of phenolic OH excluding ortho intramolecular Hbond substituents is 1. The average Bonchev–Trinajstić information content (AvgIpc) is 2.16. The first kappa shape index (κ1) is 11.0. The summed E-state index contributed by atoms with van der Waals surface area (Å²) in [5, 5.41) is 17.3. The van der Waals surface area contributed by atoms with Crippen molar-refractivity contribution in [3.63, 3.8) is 0 Å². The van der Waals surface area contributed by atoms with E-state index < -0.39 is 18.2 Å². The number of allylic oxidation sites excluding steroid dienone is 1. The minimum atomic E-state index is -1.14. The van der Waals surface area contributed by atoms with E-state index in [1.54, 1.807) is 12.1 Å². The Labute approximate surface area is 86.5 Å². The predicted octanol–water partition coefficient (Wildman–Crippen LogP) is 1.45. The summed E-state index contributed by atoms with van der Waals surface area (Å²) in [6, 6.07) is 6.22. The van der Waals surface area contributed by atoms with Crippen LogP contribution >= 0.6 is 0 Å². The molecule has 0 saturated heterocycles. The number of carboxylic acid groups (broad SMARTS) is 1. The number of ketones is 1. The van der Waals surface area contributed by atoms with Gasteiger partial charge < -0.3 is 10.2 Å². The van der Waals surface area contributed by atoms with Gasteiger partial charge in [-0.3, -0.25) is 9.59 Å². The highest BCUT2D eigenvalue weighted by atomic mass is 16.4. The van der Waals surface area contributed by atoms with Crippen LogP contribution < -0.4 is 0 Å². The maximum atomic E-state index is 11.0. The highest BCUT2D eigenvalue weighted by Gasteiger charge is 2.02. The van der Waals surface area contributed by atoms with Crippen LogP contribution in [0.2, 0.25) is 0 Å². The third-order valence-electron chi connectivity index (χ3n) is 1.68. The van der Waals surface area contributed by atoms with Gasteiger partial charge in [0.1, 0.15) is 12.2 Å². The lowest BCUT2D eigenvalue weighted by atomic mass is 10.1. The lowest BCUT2D eigenvalue weighted by Gasteiger charge is -1.93. The minimum absolute atomic E-state index is 0.143. The van der Waals surface area contributed by atoms with Crippen molar-refractivity contribution in [2.24, 2.45) is 0 Å². The van der Waals surface area contributed by atoms with Gasteiger partial charge in [-0.15, -0.1) is 0 Å². The maximum absolute atomic E-state index is 11.0. The van der Waals surface area contributed by atoms with E-state index in [0.717, 1.165) is 5.56 Å². The third-order valence-corrected chi connectivity index (χ3v) is 1.68. The zero-order valence-electron chi connectivity index (χ0n) is 7.88. The number of aromatic hydroxyl groups is 1. The van der Waals surface area contributed by atoms with Crippen molar-refractivity contribution >= 4 is 17.8 Å². The summed E-state index contributed by atoms with van der Waals surface area (Å²) >= 11 is 0. The number of carboxylic acids is 1. The van der Waals surface area contributed by atoms with E-state index in [1.165, 1.54) is 24.3 Å². The Bertz CT molecular complexity index is 390. The molecule has 0 bridgehead atoms. The van der Waals surface area contributed by atoms with E-state index in [4.69, 9.17) is 10.2 Å². The van der Waals surface area contributed by atoms with Gasteiger partial charge in [-0.05, 0) is 23.8 Å². The van der Waals surface area contributed by atoms with E-state index in [-0.39, 0.29) is 5.75 Å². The molecule has 0 radical (unpaired) electrons. The molecule has 0 heterocycles. The number of hydrogen-bond acceptors (Lipinski definition) is 3. The SMILES string of the molecule is O=C(O)CC(=O)/C=C/c1ccc(O)cc1. The standard InChI is InChI=1S/C11H10O4/c12-9-4-1-8(2-5-9)3-6-10(13)7-11(14)15/h1-6,12H,7H2,(H,14,15)/b6-3+. The van der Waals surface area contributed by atoms with E-state index in [0.29, 0.717) is 0 Å². The molecule has 1 aromatic carbocycles. The van der Waals surface area contributed by atoms with Gasteiger partial charge in [-0.2, -0.15) is 0 Å². The van der Waals surface area contributed by atoms with Gasteiger partial charge in [0.2, 0.25) is 0 Å². The Morgan fingerprint density at radius 3 is 2.33 bits per heavy atom. The Morgan fingerprint density at radius 2 is 1.80 bits per heavy atom. The van der Waals surface area contributed by atoms with Gasteiger partial charge in [0.25, 0.3) is 0 Å². The molecule has 0 fully saturated rings. The largest absolute Gasteiger partial charge is 0.508 e. The van der Waals surface area contributed by atoms with E-state index in [1.807, 2.05) is 0 Å². The molecular formula is C11H10O4. The van der Waals surface area contributed by atoms with Crippen molar-refractivity contribution in [3.8, 4) is 5.75 Å². The van der Waals surface area contributed by atoms with Crippen LogP contribution in [0.4, 0.5) is 0 Å². The van der Waals surface area contributed by atoms with Crippen LogP contribution in [0.15, 0.2) is 30.3 Å². The van der Waals surface area contributed by atoms with E-state index >= 15 is 0 Å². The molecule has 0 aliphatic heterocycles. The van der Waals surface area contributed by atoms with Crippen molar-refractivity contribution in [1.82, 2.24) is 0 Å². The molecule has 0 spiro atoms. The van der Waals surface area contributed by atoms with E-state index in [2.05, 4.69) is 0 Å². The summed E-state index contributed by atoms with van der Waals surface area (Å²) in [5.41, 5.74) is 0.728. The molecule has 0 aromatic heterocycles. The molecule has 0 aliphatic carbocycles. The van der Waals surface area contributed by atoms with Crippen molar-refractivity contribution < 1.29 is 19.8 Å². The lowest BCUT2D eigenvalue weighted by molar-refractivity contribution is -0.139. The predicted molar refractivity (Wildman–Crippen MR) is 54.4 cm³/mol. The summed E-state index contributed by atoms with van der Waals surface area (Å²) in [4.78, 5) is 21.2. The first-order valence-electron chi connectivity index (χ1n) is 4.29. The first-order valence-corrected chi connectivity index (χ1v) is 4.29. The van der Waals surface area contributed by atoms with Gasteiger partial charge in [0, 0.05) is 0 Å². The van der Waals surface area contributed by atoms with Gasteiger partial charge >= 0.3 is 5.97 Å². The lowest BCUT2D eigenvalue weighted by Crippen LogP contribution is -2.02. The molecule has 4 heteroatoms. The van der Waals surface area contributed by atoms with Crippen LogP contribution in [0.3, 0.4) is 0 Å². The number of carbonyl (C=O) groups excluding carboxylic acids is 1. The molecule has 0 saturated carbocycles. The van der Waals surface area contributed by atoms with Gasteiger partial charge in [0.05, 0.1) is 0 Å². The Kier molecular flexibility index (Phi) is 3.62. The second-order valence-corrected chi connectivity index (χ2v) is 2.96. The maximum Gasteiger partial charge on any atom is 0.311 e. The molecule has 1 rings (SSSR count). The Balaban J connectivity index is 2.61. The van der Waals surface area contributed by atoms with Crippen LogP contribution in [0, 0.1) is 0 Å². The summed E-state index contributed by atoms with van der Waals surface area (Å²) < 4.78 is 0. The van der Waals surface area contributed by atoms with Crippen LogP contribution in [-0.4, -0.2) is 22.0 Å². The zero-order chi connectivity index (χ0) is 11.3. The van der Waals surface area contributed by atoms with Crippen molar-refractivity contribution in [2.75, 3.05) is 0 Å². The molecule has 78 valence electrons. The summed E-state index contributed by atoms with van der Waals surface area (Å²) in [6.07, 6.45) is 2.21. The molecule has 1 aromatic rings. The Morgan fingerprint density at radius 1 is 1.20 bits per heavy atom. The highest BCUT2D eigenvalue weighted by molar-refractivity contribution is 6.03. The first-order chi connectivity index (χ1) is 7.08. The quantitative estimate of drug-likeness (QED) is 0.577. The number of phenols is 1. The average molecular weight is 206 g/mol. The fourth-order valence-electron chi connectivity index (χ4n) is 0.983. The Hall–Kier alpha value is -2.10. The van der Waals surface area contributed by atoms with Crippen molar-refractivity contribution in [2.45, 2.75) is 6.42 Å². The smallest absolute Gasteiger partial charge is 0.311 e. The number of hydrogen-bond donors (Lipinski definition) is 2. The fourth-order valence-corrected chi connectivity index (χ4v) is 0.983. The van der Waals surface area contributed by atoms with E-state index in [9.17, 15) is 9.59 Å². The molecule has 0 amide bonds. The minimum Gasteiger partial charge on any atom is -0.508 e. The molecule has 0 aliphatic rings. The van der Waals surface area contributed by atoms with Crippen LogP contribution in [0.5, 0.6) is 5.75 Å². The second kappa shape index (κ2) is 4.95. The number of aliphatic carboxylic acids is 1. The zero-order valence-corrected chi connectivity index (χ0v) is 7.88. The summed E-state index contributed by atoms with van der Waals surface area (Å²) in [5.74, 6) is -1.46. The van der Waals surface area contributed by atoms with Crippen LogP contribution in [0.1, 0.15) is 12.0 Å². The van der Waals surface area contributed by atoms with Crippen LogP contribution in [-0.2, 0) is 9.59 Å². The van der Waals surface area contributed by atoms with Gasteiger partial charge in [-0.1, -0.05) is 18.2 Å². The number of rotatable bonds is 4. The molecule has 4 nitrogen and oxygen atoms in total. The molecule has 2 N–H and O–H groups in total. The van der Waals surface area contributed by atoms with Crippen molar-refractivity contribution in [1.29, 1.82) is 0 Å². The molecule has 0 atom stereocenters. The number of carbonyl (C=O) groups is 2. The molecule has 0 unspecified atom stereocenters. The summed E-state index contributed by atoms with van der Waals surface area (Å²) in [7, 11) is 0. The molecular weight excluding hydrogens is 196 g/mol. The molecule has 15 heavy (non-hydrogen) atoms. The second-order valence-electron chi connectivity index (χ2n) is 2.96. The summed E-state index contributed by atoms with van der Waals surface area (Å²) in [6.45, 7) is 0. The number of benzene rings is 1. The van der Waals surface area contributed by atoms with Crippen LogP contribution in [0.25, 0.3) is 6.08 Å². The monoisotopic (exact) mass is 206 g/mol. The van der Waals surface area contributed by atoms with Crippen molar-refractivity contribution in [3.05, 3.63) is 35.9 Å². The van der Waals surface area contributed by atoms with Gasteiger partial charge in [0.15, 0.2) is 5.78 Å². The van der Waals surface area contributed by atoms with Gasteiger partial charge in [-0.25, -0.2) is 0 Å². The normalized spacial score (nSPS) is 10.4. The fraction of sp³-hybridized carbons (Fsp3) is 0.0909. The topological polar surface area (TPSA) is 74.6 Å². The highest BCUT2D eigenvalue weighted by Crippen LogP contribution is 2.10.